The van der Waals surface area contributed by atoms with Crippen LogP contribution in [-0.4, -0.2) is 9.55 Å². The molecule has 1 atom stereocenters. The largest absolute Gasteiger partial charge is 0.330 e. The molecule has 0 bridgehead atoms. The molecule has 0 radical (unpaired) electrons. The lowest BCUT2D eigenvalue weighted by atomic mass is 9.75. The number of benzene rings is 1. The number of imidazole rings is 1. The second kappa shape index (κ2) is 4.69. The minimum absolute atomic E-state index is 0.176. The molecule has 0 saturated heterocycles. The number of nitrogens with zero attached hydrogens (tertiary/aromatic N) is 1. The van der Waals surface area contributed by atoms with Gasteiger partial charge in [-0.05, 0) is 61.5 Å². The molecule has 1 N–H and O–H groups in total. The van der Waals surface area contributed by atoms with E-state index in [0.717, 1.165) is 23.9 Å². The number of aryl methyl sites for hydroxylation is 1. The summed E-state index contributed by atoms with van der Waals surface area (Å²) in [4.78, 5) is 3.16. The smallest absolute Gasteiger partial charge is 0.178 e. The molecule has 0 amide bonds. The van der Waals surface area contributed by atoms with Crippen LogP contribution in [0.2, 0.25) is 0 Å². The van der Waals surface area contributed by atoms with E-state index in [1.54, 1.807) is 13.0 Å². The van der Waals surface area contributed by atoms with Crippen molar-refractivity contribution < 1.29 is 4.39 Å². The Morgan fingerprint density at radius 1 is 1.40 bits per heavy atom. The highest BCUT2D eigenvalue weighted by Crippen LogP contribution is 2.42. The number of rotatable bonds is 1. The number of nitrogens with one attached hydrogen (secondary N) is 1. The topological polar surface area (TPSA) is 20.7 Å². The number of fused-ring (bicyclic) bond motifs is 1. The maximum atomic E-state index is 13.7. The van der Waals surface area contributed by atoms with Crippen LogP contribution in [0.25, 0.3) is 11.0 Å². The first-order valence-corrected chi connectivity index (χ1v) is 7.69. The Morgan fingerprint density at radius 3 is 2.85 bits per heavy atom. The van der Waals surface area contributed by atoms with E-state index in [-0.39, 0.29) is 5.82 Å². The van der Waals surface area contributed by atoms with Crippen molar-refractivity contribution in [3.63, 3.8) is 0 Å². The van der Waals surface area contributed by atoms with Gasteiger partial charge in [-0.15, -0.1) is 0 Å². The summed E-state index contributed by atoms with van der Waals surface area (Å²) in [5.41, 5.74) is 2.88. The van der Waals surface area contributed by atoms with Crippen LogP contribution in [0.3, 0.4) is 0 Å². The Bertz CT molecular complexity index is 711. The number of aromatic amines is 1. The first-order valence-electron chi connectivity index (χ1n) is 7.28. The average Bonchev–Trinajstić information content (AvgIpc) is 2.64. The Balaban J connectivity index is 2.13. The molecule has 4 heteroatoms. The van der Waals surface area contributed by atoms with Crippen LogP contribution in [0.5, 0.6) is 0 Å². The fourth-order valence-corrected chi connectivity index (χ4v) is 3.85. The van der Waals surface area contributed by atoms with Crippen molar-refractivity contribution >= 4 is 23.3 Å². The lowest BCUT2D eigenvalue weighted by Crippen LogP contribution is -2.25. The van der Waals surface area contributed by atoms with Crippen molar-refractivity contribution in [2.45, 2.75) is 52.5 Å². The molecule has 1 unspecified atom stereocenters. The fourth-order valence-electron chi connectivity index (χ4n) is 3.49. The summed E-state index contributed by atoms with van der Waals surface area (Å²) < 4.78 is 16.6. The summed E-state index contributed by atoms with van der Waals surface area (Å²) in [6.07, 6.45) is 4.78. The van der Waals surface area contributed by atoms with Crippen LogP contribution in [0.4, 0.5) is 4.39 Å². The van der Waals surface area contributed by atoms with E-state index < -0.39 is 0 Å². The summed E-state index contributed by atoms with van der Waals surface area (Å²) in [6, 6.07) is 3.90. The second-order valence-electron chi connectivity index (χ2n) is 6.83. The van der Waals surface area contributed by atoms with Crippen molar-refractivity contribution in [3.05, 3.63) is 28.3 Å². The second-order valence-corrected chi connectivity index (χ2v) is 7.22. The van der Waals surface area contributed by atoms with Gasteiger partial charge < -0.3 is 9.55 Å². The third-order valence-electron chi connectivity index (χ3n) is 4.54. The van der Waals surface area contributed by atoms with Gasteiger partial charge in [0.15, 0.2) is 4.77 Å². The van der Waals surface area contributed by atoms with Gasteiger partial charge in [-0.3, -0.25) is 0 Å². The molecule has 3 rings (SSSR count). The van der Waals surface area contributed by atoms with Gasteiger partial charge in [0.2, 0.25) is 0 Å². The Morgan fingerprint density at radius 2 is 2.15 bits per heavy atom. The molecule has 1 saturated carbocycles. The number of H-pyrrole nitrogens is 1. The Kier molecular flexibility index (Phi) is 3.24. The molecule has 1 aliphatic carbocycles. The zero-order valence-corrected chi connectivity index (χ0v) is 13.1. The van der Waals surface area contributed by atoms with E-state index in [1.807, 2.05) is 6.07 Å². The van der Waals surface area contributed by atoms with Gasteiger partial charge >= 0.3 is 0 Å². The lowest BCUT2D eigenvalue weighted by Gasteiger charge is -2.36. The molecule has 0 aliphatic heterocycles. The third-order valence-corrected chi connectivity index (χ3v) is 4.84. The normalized spacial score (nSPS) is 22.3. The molecule has 1 aromatic carbocycles. The van der Waals surface area contributed by atoms with Crippen molar-refractivity contribution in [3.8, 4) is 0 Å². The Labute approximate surface area is 124 Å². The highest BCUT2D eigenvalue weighted by Gasteiger charge is 2.30. The highest BCUT2D eigenvalue weighted by molar-refractivity contribution is 7.71. The summed E-state index contributed by atoms with van der Waals surface area (Å²) in [5.74, 6) is -0.176. The Hall–Kier alpha value is -1.16. The van der Waals surface area contributed by atoms with Crippen LogP contribution in [0, 0.1) is 22.9 Å². The van der Waals surface area contributed by atoms with Crippen LogP contribution in [-0.2, 0) is 0 Å². The number of aromatic nitrogens is 2. The molecule has 20 heavy (non-hydrogen) atoms. The number of halogens is 1. The molecular formula is C16H21FN2S. The van der Waals surface area contributed by atoms with E-state index in [1.165, 1.54) is 12.8 Å². The molecule has 1 aliphatic rings. The quantitative estimate of drug-likeness (QED) is 0.708. The third kappa shape index (κ3) is 2.30. The van der Waals surface area contributed by atoms with Gasteiger partial charge in [0, 0.05) is 6.04 Å². The molecule has 1 fully saturated rings. The van der Waals surface area contributed by atoms with Crippen molar-refractivity contribution in [1.82, 2.24) is 9.55 Å². The first kappa shape index (κ1) is 13.8. The molecular weight excluding hydrogens is 271 g/mol. The summed E-state index contributed by atoms with van der Waals surface area (Å²) in [5, 5.41) is 0. The van der Waals surface area contributed by atoms with Crippen LogP contribution >= 0.6 is 12.2 Å². The highest BCUT2D eigenvalue weighted by atomic mass is 32.1. The first-order chi connectivity index (χ1) is 9.37. The van der Waals surface area contributed by atoms with E-state index in [2.05, 4.69) is 23.4 Å². The summed E-state index contributed by atoms with van der Waals surface area (Å²) >= 11 is 5.48. The monoisotopic (exact) mass is 292 g/mol. The van der Waals surface area contributed by atoms with E-state index >= 15 is 0 Å². The lowest BCUT2D eigenvalue weighted by molar-refractivity contribution is 0.185. The van der Waals surface area contributed by atoms with Gasteiger partial charge in [0.1, 0.15) is 5.82 Å². The zero-order chi connectivity index (χ0) is 14.5. The predicted octanol–water partition coefficient (Wildman–Crippen LogP) is 5.29. The summed E-state index contributed by atoms with van der Waals surface area (Å²) in [7, 11) is 0. The van der Waals surface area contributed by atoms with Crippen LogP contribution in [0.15, 0.2) is 12.1 Å². The van der Waals surface area contributed by atoms with Gasteiger partial charge in [0.25, 0.3) is 0 Å². The van der Waals surface area contributed by atoms with Crippen molar-refractivity contribution in [1.29, 1.82) is 0 Å². The molecule has 0 spiro atoms. The fraction of sp³-hybridized carbons (Fsp3) is 0.562. The van der Waals surface area contributed by atoms with E-state index in [4.69, 9.17) is 12.2 Å². The van der Waals surface area contributed by atoms with Gasteiger partial charge in [-0.1, -0.05) is 20.3 Å². The molecule has 108 valence electrons. The zero-order valence-electron chi connectivity index (χ0n) is 12.3. The summed E-state index contributed by atoms with van der Waals surface area (Å²) in [6.45, 7) is 6.45. The minimum Gasteiger partial charge on any atom is -0.330 e. The average molecular weight is 292 g/mol. The van der Waals surface area contributed by atoms with Gasteiger partial charge in [-0.2, -0.15) is 0 Å². The predicted molar refractivity (Wildman–Crippen MR) is 83.1 cm³/mol. The van der Waals surface area contributed by atoms with E-state index in [9.17, 15) is 4.39 Å². The maximum Gasteiger partial charge on any atom is 0.178 e. The molecule has 1 aromatic heterocycles. The van der Waals surface area contributed by atoms with Crippen LogP contribution < -0.4 is 0 Å². The number of hydrogen-bond acceptors (Lipinski definition) is 1. The van der Waals surface area contributed by atoms with Gasteiger partial charge in [-0.25, -0.2) is 4.39 Å². The SMILES string of the molecule is Cc1cc2c(cc1F)[nH]c(=S)n2C1CCCC(C)(C)C1. The molecule has 2 aromatic rings. The van der Waals surface area contributed by atoms with E-state index in [0.29, 0.717) is 21.8 Å². The number of hydrogen-bond donors (Lipinski definition) is 1. The standard InChI is InChI=1S/C16H21FN2S/c1-10-7-14-13(8-12(10)17)18-15(20)19(14)11-5-4-6-16(2,3)9-11/h7-8,11H,4-6,9H2,1-3H3,(H,18,20). The van der Waals surface area contributed by atoms with Gasteiger partial charge in [0.05, 0.1) is 11.0 Å². The minimum atomic E-state index is -0.176. The molecule has 1 heterocycles. The molecule has 2 nitrogen and oxygen atoms in total. The van der Waals surface area contributed by atoms with Crippen molar-refractivity contribution in [2.75, 3.05) is 0 Å². The van der Waals surface area contributed by atoms with Crippen molar-refractivity contribution in [2.24, 2.45) is 5.41 Å². The van der Waals surface area contributed by atoms with Crippen LogP contribution in [0.1, 0.15) is 51.1 Å². The maximum absolute atomic E-state index is 13.7.